The Morgan fingerprint density at radius 1 is 1.40 bits per heavy atom. The van der Waals surface area contributed by atoms with Crippen LogP contribution in [0.5, 0.6) is 5.75 Å². The average Bonchev–Trinajstić information content (AvgIpc) is 2.38. The lowest BCUT2D eigenvalue weighted by atomic mass is 10.3. The van der Waals surface area contributed by atoms with Crippen molar-refractivity contribution in [2.24, 2.45) is 0 Å². The Bertz CT molecular complexity index is 646. The molecule has 1 aromatic carbocycles. The Morgan fingerprint density at radius 2 is 2.05 bits per heavy atom. The van der Waals surface area contributed by atoms with E-state index in [9.17, 15) is 10.1 Å². The molecule has 0 aliphatic carbocycles. The summed E-state index contributed by atoms with van der Waals surface area (Å²) >= 11 is 5.77. The van der Waals surface area contributed by atoms with Gasteiger partial charge < -0.3 is 15.8 Å². The number of aromatic nitrogens is 1. The Labute approximate surface area is 119 Å². The highest BCUT2D eigenvalue weighted by molar-refractivity contribution is 6.30. The highest BCUT2D eigenvalue weighted by Gasteiger charge is 2.21. The molecule has 8 heteroatoms. The molecule has 0 fully saturated rings. The van der Waals surface area contributed by atoms with Crippen LogP contribution in [0.2, 0.25) is 5.15 Å². The summed E-state index contributed by atoms with van der Waals surface area (Å²) in [5.41, 5.74) is 5.83. The molecule has 0 amide bonds. The number of nitrogens with zero attached hydrogens (tertiary/aromatic N) is 2. The summed E-state index contributed by atoms with van der Waals surface area (Å²) in [5.74, 6) is 0.661. The van der Waals surface area contributed by atoms with Crippen molar-refractivity contribution in [1.82, 2.24) is 4.98 Å². The van der Waals surface area contributed by atoms with Gasteiger partial charge in [-0.3, -0.25) is 10.1 Å². The molecule has 0 radical (unpaired) electrons. The predicted molar refractivity (Wildman–Crippen MR) is 76.6 cm³/mol. The molecule has 3 N–H and O–H groups in total. The van der Waals surface area contributed by atoms with Crippen LogP contribution in [0.25, 0.3) is 0 Å². The summed E-state index contributed by atoms with van der Waals surface area (Å²) in [6.07, 6.45) is 0. The molecule has 0 aliphatic heterocycles. The second-order valence-corrected chi connectivity index (χ2v) is 4.23. The van der Waals surface area contributed by atoms with Crippen molar-refractivity contribution in [3.63, 3.8) is 0 Å². The molecule has 0 saturated heterocycles. The van der Waals surface area contributed by atoms with Gasteiger partial charge in [-0.25, -0.2) is 4.98 Å². The number of benzene rings is 1. The number of halogens is 1. The van der Waals surface area contributed by atoms with Crippen LogP contribution in [0.1, 0.15) is 0 Å². The Kier molecular flexibility index (Phi) is 3.90. The van der Waals surface area contributed by atoms with E-state index < -0.39 is 4.92 Å². The lowest BCUT2D eigenvalue weighted by molar-refractivity contribution is -0.383. The van der Waals surface area contributed by atoms with Gasteiger partial charge in [0.1, 0.15) is 16.6 Å². The number of nitrogen functional groups attached to an aromatic ring is 1. The average molecular weight is 295 g/mol. The van der Waals surface area contributed by atoms with E-state index in [1.165, 1.54) is 6.07 Å². The third kappa shape index (κ3) is 2.89. The number of hydrogen-bond donors (Lipinski definition) is 2. The number of nitro groups is 1. The topological polar surface area (TPSA) is 103 Å². The predicted octanol–water partition coefficient (Wildman–Crippen LogP) is 2.98. The molecule has 104 valence electrons. The molecule has 0 aliphatic rings. The fourth-order valence-electron chi connectivity index (χ4n) is 1.62. The zero-order valence-electron chi connectivity index (χ0n) is 10.5. The minimum Gasteiger partial charge on any atom is -0.497 e. The second-order valence-electron chi connectivity index (χ2n) is 3.84. The number of nitrogens with two attached hydrogens (primary N) is 1. The molecule has 0 unspecified atom stereocenters. The maximum atomic E-state index is 11.0. The van der Waals surface area contributed by atoms with Gasteiger partial charge in [0.2, 0.25) is 5.82 Å². The highest BCUT2D eigenvalue weighted by atomic mass is 35.5. The van der Waals surface area contributed by atoms with Gasteiger partial charge in [0, 0.05) is 11.8 Å². The van der Waals surface area contributed by atoms with Crippen molar-refractivity contribution < 1.29 is 9.66 Å². The zero-order chi connectivity index (χ0) is 14.7. The number of methoxy groups -OCH3 is 1. The van der Waals surface area contributed by atoms with Gasteiger partial charge in [-0.15, -0.1) is 0 Å². The molecule has 0 atom stereocenters. The van der Waals surface area contributed by atoms with Crippen LogP contribution in [-0.4, -0.2) is 17.0 Å². The van der Waals surface area contributed by atoms with Crippen LogP contribution < -0.4 is 15.8 Å². The third-order valence-corrected chi connectivity index (χ3v) is 2.72. The second kappa shape index (κ2) is 5.62. The van der Waals surface area contributed by atoms with Crippen molar-refractivity contribution in [2.45, 2.75) is 0 Å². The number of rotatable bonds is 4. The summed E-state index contributed by atoms with van der Waals surface area (Å²) in [6.45, 7) is 0. The number of ether oxygens (including phenoxy) is 1. The highest BCUT2D eigenvalue weighted by Crippen LogP contribution is 2.33. The lowest BCUT2D eigenvalue weighted by Crippen LogP contribution is -2.03. The minimum atomic E-state index is -0.607. The van der Waals surface area contributed by atoms with Gasteiger partial charge in [-0.1, -0.05) is 11.6 Å². The van der Waals surface area contributed by atoms with Gasteiger partial charge in [0.05, 0.1) is 12.0 Å². The molecule has 0 bridgehead atoms. The van der Waals surface area contributed by atoms with E-state index in [1.54, 1.807) is 31.4 Å². The van der Waals surface area contributed by atoms with Crippen molar-refractivity contribution >= 4 is 34.5 Å². The van der Waals surface area contributed by atoms with E-state index in [0.717, 1.165) is 0 Å². The maximum Gasteiger partial charge on any atom is 0.334 e. The van der Waals surface area contributed by atoms with Crippen molar-refractivity contribution in [3.8, 4) is 5.75 Å². The fourth-order valence-corrected chi connectivity index (χ4v) is 1.82. The van der Waals surface area contributed by atoms with Crippen LogP contribution in [0.3, 0.4) is 0 Å². The molecule has 1 aromatic heterocycles. The standard InChI is InChI=1S/C12H11ClN4O3/c1-20-8-4-2-7(3-5-8)15-12-11(17(18)19)9(14)6-10(13)16-12/h2-6H,1H3,(H3,14,15,16). The van der Waals surface area contributed by atoms with Gasteiger partial charge in [-0.05, 0) is 24.3 Å². The number of hydrogen-bond acceptors (Lipinski definition) is 6. The number of anilines is 3. The minimum absolute atomic E-state index is 0.00910. The van der Waals surface area contributed by atoms with Gasteiger partial charge >= 0.3 is 5.69 Å². The fraction of sp³-hybridized carbons (Fsp3) is 0.0833. The molecular weight excluding hydrogens is 284 g/mol. The summed E-state index contributed by atoms with van der Waals surface area (Å²) < 4.78 is 5.03. The van der Waals surface area contributed by atoms with Crippen LogP contribution in [0, 0.1) is 10.1 Å². The van der Waals surface area contributed by atoms with E-state index in [0.29, 0.717) is 11.4 Å². The first kappa shape index (κ1) is 13.9. The molecule has 2 aromatic rings. The molecule has 2 rings (SSSR count). The van der Waals surface area contributed by atoms with Crippen LogP contribution in [0.15, 0.2) is 30.3 Å². The Balaban J connectivity index is 2.39. The third-order valence-electron chi connectivity index (χ3n) is 2.53. The SMILES string of the molecule is COc1ccc(Nc2nc(Cl)cc(N)c2[N+](=O)[O-])cc1. The largest absolute Gasteiger partial charge is 0.497 e. The molecule has 0 spiro atoms. The van der Waals surface area contributed by atoms with E-state index >= 15 is 0 Å². The number of pyridine rings is 1. The van der Waals surface area contributed by atoms with E-state index in [-0.39, 0.29) is 22.3 Å². The normalized spacial score (nSPS) is 10.1. The van der Waals surface area contributed by atoms with Gasteiger partial charge in [-0.2, -0.15) is 0 Å². The molecule has 20 heavy (non-hydrogen) atoms. The quantitative estimate of drug-likeness (QED) is 0.510. The van der Waals surface area contributed by atoms with Crippen LogP contribution in [-0.2, 0) is 0 Å². The summed E-state index contributed by atoms with van der Waals surface area (Å²) in [6, 6.07) is 8.05. The van der Waals surface area contributed by atoms with Gasteiger partial charge in [0.15, 0.2) is 0 Å². The zero-order valence-corrected chi connectivity index (χ0v) is 11.2. The monoisotopic (exact) mass is 294 g/mol. The molecular formula is C12H11ClN4O3. The number of nitrogens with one attached hydrogen (secondary N) is 1. The van der Waals surface area contributed by atoms with E-state index in [2.05, 4.69) is 10.3 Å². The first-order valence-corrected chi connectivity index (χ1v) is 5.90. The van der Waals surface area contributed by atoms with Crippen LogP contribution >= 0.6 is 11.6 Å². The smallest absolute Gasteiger partial charge is 0.334 e. The van der Waals surface area contributed by atoms with Crippen molar-refractivity contribution in [2.75, 3.05) is 18.2 Å². The lowest BCUT2D eigenvalue weighted by Gasteiger charge is -2.08. The van der Waals surface area contributed by atoms with Crippen molar-refractivity contribution in [3.05, 3.63) is 45.6 Å². The Morgan fingerprint density at radius 3 is 2.60 bits per heavy atom. The Hall–Kier alpha value is -2.54. The van der Waals surface area contributed by atoms with Gasteiger partial charge in [0.25, 0.3) is 0 Å². The molecule has 1 heterocycles. The first-order chi connectivity index (χ1) is 9.51. The molecule has 0 saturated carbocycles. The molecule has 7 nitrogen and oxygen atoms in total. The van der Waals surface area contributed by atoms with Crippen molar-refractivity contribution in [1.29, 1.82) is 0 Å². The van der Waals surface area contributed by atoms with E-state index in [1.807, 2.05) is 0 Å². The maximum absolute atomic E-state index is 11.0. The summed E-state index contributed by atoms with van der Waals surface area (Å²) in [7, 11) is 1.55. The van der Waals surface area contributed by atoms with E-state index in [4.69, 9.17) is 22.1 Å². The first-order valence-electron chi connectivity index (χ1n) is 5.52. The van der Waals surface area contributed by atoms with Crippen LogP contribution in [0.4, 0.5) is 22.9 Å². The summed E-state index contributed by atoms with van der Waals surface area (Å²) in [4.78, 5) is 14.3. The summed E-state index contributed by atoms with van der Waals surface area (Å²) in [5, 5.41) is 13.9.